The van der Waals surface area contributed by atoms with E-state index in [1.807, 2.05) is 30.5 Å². The van der Waals surface area contributed by atoms with Crippen molar-refractivity contribution in [3.8, 4) is 0 Å². The first-order chi connectivity index (χ1) is 17.6. The van der Waals surface area contributed by atoms with Crippen LogP contribution in [0.4, 0.5) is 5.82 Å². The molecule has 1 aromatic heterocycles. The number of carbonyl (C=O) groups is 2. The van der Waals surface area contributed by atoms with E-state index in [0.717, 1.165) is 77.2 Å². The van der Waals surface area contributed by atoms with Crippen LogP contribution in [0, 0.1) is 17.3 Å². The summed E-state index contributed by atoms with van der Waals surface area (Å²) in [6, 6.07) is 16.4. The van der Waals surface area contributed by atoms with Gasteiger partial charge in [-0.2, -0.15) is 0 Å². The molecule has 2 atom stereocenters. The summed E-state index contributed by atoms with van der Waals surface area (Å²) in [5, 5.41) is 0. The van der Waals surface area contributed by atoms with Crippen molar-refractivity contribution in [2.45, 2.75) is 50.9 Å². The number of hydrogen-bond donors (Lipinski definition) is 0. The SMILES string of the molecule is O=C([C@H]1CC12CCN(C(=O)[C@@H](c1ccccc1)C1CCCC1)CC2)N1CCN(c2ccccn2)CC1. The van der Waals surface area contributed by atoms with Crippen molar-refractivity contribution in [1.29, 1.82) is 0 Å². The predicted molar refractivity (Wildman–Crippen MR) is 141 cm³/mol. The number of nitrogens with zero attached hydrogens (tertiary/aromatic N) is 4. The van der Waals surface area contributed by atoms with Crippen molar-refractivity contribution in [2.24, 2.45) is 17.3 Å². The maximum absolute atomic E-state index is 13.8. The van der Waals surface area contributed by atoms with Gasteiger partial charge >= 0.3 is 0 Å². The van der Waals surface area contributed by atoms with Gasteiger partial charge in [0.1, 0.15) is 5.82 Å². The lowest BCUT2D eigenvalue weighted by Gasteiger charge is -2.38. The van der Waals surface area contributed by atoms with Crippen molar-refractivity contribution in [2.75, 3.05) is 44.2 Å². The summed E-state index contributed by atoms with van der Waals surface area (Å²) in [4.78, 5) is 38.1. The summed E-state index contributed by atoms with van der Waals surface area (Å²) in [6.45, 7) is 4.82. The van der Waals surface area contributed by atoms with Gasteiger partial charge in [0.05, 0.1) is 5.92 Å². The molecule has 190 valence electrons. The topological polar surface area (TPSA) is 56.8 Å². The first-order valence-corrected chi connectivity index (χ1v) is 13.9. The van der Waals surface area contributed by atoms with E-state index in [1.54, 1.807) is 0 Å². The summed E-state index contributed by atoms with van der Waals surface area (Å²) in [5.74, 6) is 2.26. The molecular formula is C30H38N4O2. The third-order valence-electron chi connectivity index (χ3n) is 9.42. The molecule has 3 heterocycles. The molecule has 6 nitrogen and oxygen atoms in total. The zero-order valence-corrected chi connectivity index (χ0v) is 21.2. The minimum Gasteiger partial charge on any atom is -0.353 e. The van der Waals surface area contributed by atoms with Gasteiger partial charge in [0.25, 0.3) is 0 Å². The Labute approximate surface area is 214 Å². The number of carbonyl (C=O) groups excluding carboxylic acids is 2. The van der Waals surface area contributed by atoms with Crippen LogP contribution in [0.3, 0.4) is 0 Å². The lowest BCUT2D eigenvalue weighted by atomic mass is 9.82. The van der Waals surface area contributed by atoms with E-state index in [9.17, 15) is 9.59 Å². The molecule has 2 saturated carbocycles. The van der Waals surface area contributed by atoms with Gasteiger partial charge in [-0.15, -0.1) is 0 Å². The largest absolute Gasteiger partial charge is 0.353 e. The van der Waals surface area contributed by atoms with E-state index in [0.29, 0.717) is 17.7 Å². The maximum atomic E-state index is 13.8. The third kappa shape index (κ3) is 4.51. The zero-order valence-electron chi connectivity index (χ0n) is 21.2. The minimum absolute atomic E-state index is 0.00483. The minimum atomic E-state index is -0.00483. The standard InChI is InChI=1S/C30H38N4O2/c35-28(34-20-18-32(19-21-34)26-12-6-7-15-31-26)25-22-30(25)13-16-33(17-14-30)29(36)27(24-10-4-5-11-24)23-8-2-1-3-9-23/h1-3,6-9,12,15,24-25,27H,4-5,10-11,13-14,16-22H2/t25-,27+/m1/s1. The first kappa shape index (κ1) is 23.5. The average Bonchev–Trinajstić information content (AvgIpc) is 3.36. The highest BCUT2D eigenvalue weighted by molar-refractivity contribution is 5.85. The van der Waals surface area contributed by atoms with Crippen LogP contribution in [0.25, 0.3) is 0 Å². The maximum Gasteiger partial charge on any atom is 0.230 e. The second kappa shape index (κ2) is 9.87. The van der Waals surface area contributed by atoms with Crippen molar-refractivity contribution < 1.29 is 9.59 Å². The van der Waals surface area contributed by atoms with E-state index in [4.69, 9.17) is 0 Å². The summed E-state index contributed by atoms with van der Waals surface area (Å²) < 4.78 is 0. The molecule has 0 radical (unpaired) electrons. The van der Waals surface area contributed by atoms with Crippen molar-refractivity contribution in [3.63, 3.8) is 0 Å². The molecule has 6 heteroatoms. The van der Waals surface area contributed by atoms with Crippen LogP contribution in [-0.4, -0.2) is 65.9 Å². The summed E-state index contributed by atoms with van der Waals surface area (Å²) in [7, 11) is 0. The molecule has 0 N–H and O–H groups in total. The highest BCUT2D eigenvalue weighted by Gasteiger charge is 2.59. The van der Waals surface area contributed by atoms with Crippen molar-refractivity contribution >= 4 is 17.6 Å². The van der Waals surface area contributed by atoms with Crippen LogP contribution in [0.2, 0.25) is 0 Å². The summed E-state index contributed by atoms with van der Waals surface area (Å²) >= 11 is 0. The van der Waals surface area contributed by atoms with Crippen LogP contribution < -0.4 is 4.90 Å². The molecule has 1 spiro atoms. The molecular weight excluding hydrogens is 448 g/mol. The quantitative estimate of drug-likeness (QED) is 0.631. The lowest BCUT2D eigenvalue weighted by molar-refractivity contribution is -0.136. The van der Waals surface area contributed by atoms with Gasteiger partial charge < -0.3 is 14.7 Å². The van der Waals surface area contributed by atoms with E-state index < -0.39 is 0 Å². The Morgan fingerprint density at radius 1 is 0.833 bits per heavy atom. The molecule has 2 saturated heterocycles. The second-order valence-electron chi connectivity index (χ2n) is 11.4. The lowest BCUT2D eigenvalue weighted by Crippen LogP contribution is -2.50. The summed E-state index contributed by atoms with van der Waals surface area (Å²) in [5.41, 5.74) is 1.31. The number of benzene rings is 1. The van der Waals surface area contributed by atoms with Crippen LogP contribution in [0.1, 0.15) is 56.4 Å². The molecule has 4 aliphatic rings. The molecule has 2 aliphatic carbocycles. The summed E-state index contributed by atoms with van der Waals surface area (Å²) in [6.07, 6.45) is 9.56. The fourth-order valence-corrected chi connectivity index (χ4v) is 7.10. The van der Waals surface area contributed by atoms with Crippen LogP contribution in [0.5, 0.6) is 0 Å². The molecule has 2 aliphatic heterocycles. The number of rotatable bonds is 5. The Morgan fingerprint density at radius 3 is 2.19 bits per heavy atom. The molecule has 1 aromatic carbocycles. The van der Waals surface area contributed by atoms with Gasteiger partial charge in [-0.25, -0.2) is 4.98 Å². The van der Waals surface area contributed by atoms with Crippen molar-refractivity contribution in [1.82, 2.24) is 14.8 Å². The number of hydrogen-bond acceptors (Lipinski definition) is 4. The fourth-order valence-electron chi connectivity index (χ4n) is 7.10. The van der Waals surface area contributed by atoms with Gasteiger partial charge in [-0.05, 0) is 61.1 Å². The van der Waals surface area contributed by atoms with E-state index in [-0.39, 0.29) is 17.3 Å². The highest BCUT2D eigenvalue weighted by atomic mass is 16.2. The molecule has 4 fully saturated rings. The van der Waals surface area contributed by atoms with Gasteiger partial charge in [-0.1, -0.05) is 49.2 Å². The zero-order chi connectivity index (χ0) is 24.5. The average molecular weight is 487 g/mol. The number of anilines is 1. The number of aromatic nitrogens is 1. The second-order valence-corrected chi connectivity index (χ2v) is 11.4. The van der Waals surface area contributed by atoms with E-state index in [1.165, 1.54) is 18.4 Å². The van der Waals surface area contributed by atoms with Gasteiger partial charge in [0.2, 0.25) is 11.8 Å². The van der Waals surface area contributed by atoms with Crippen molar-refractivity contribution in [3.05, 3.63) is 60.3 Å². The molecule has 2 aromatic rings. The normalized spacial score (nSPS) is 24.7. The predicted octanol–water partition coefficient (Wildman–Crippen LogP) is 4.33. The first-order valence-electron chi connectivity index (χ1n) is 13.9. The van der Waals surface area contributed by atoms with Gasteiger partial charge in [0, 0.05) is 51.4 Å². The highest BCUT2D eigenvalue weighted by Crippen LogP contribution is 2.60. The smallest absolute Gasteiger partial charge is 0.230 e. The molecule has 0 bridgehead atoms. The van der Waals surface area contributed by atoms with E-state index in [2.05, 4.69) is 43.9 Å². The Bertz CT molecular complexity index is 1050. The van der Waals surface area contributed by atoms with Crippen LogP contribution in [-0.2, 0) is 9.59 Å². The number of likely N-dealkylation sites (tertiary alicyclic amines) is 1. The van der Waals surface area contributed by atoms with Crippen LogP contribution in [0.15, 0.2) is 54.7 Å². The Morgan fingerprint density at radius 2 is 1.53 bits per heavy atom. The van der Waals surface area contributed by atoms with E-state index >= 15 is 0 Å². The Kier molecular flexibility index (Phi) is 6.44. The van der Waals surface area contributed by atoms with Gasteiger partial charge in [0.15, 0.2) is 0 Å². The Hall–Kier alpha value is -2.89. The number of piperazine rings is 1. The Balaban J connectivity index is 1.04. The molecule has 6 rings (SSSR count). The van der Waals surface area contributed by atoms with Crippen LogP contribution >= 0.6 is 0 Å². The number of amides is 2. The molecule has 0 unspecified atom stereocenters. The fraction of sp³-hybridized carbons (Fsp3) is 0.567. The number of pyridine rings is 1. The monoisotopic (exact) mass is 486 g/mol. The molecule has 36 heavy (non-hydrogen) atoms. The molecule has 2 amide bonds. The number of piperidine rings is 1. The van der Waals surface area contributed by atoms with Gasteiger partial charge in [-0.3, -0.25) is 9.59 Å². The third-order valence-corrected chi connectivity index (χ3v) is 9.42.